The van der Waals surface area contributed by atoms with E-state index in [0.717, 1.165) is 22.3 Å². The Morgan fingerprint density at radius 1 is 1.39 bits per heavy atom. The van der Waals surface area contributed by atoms with Gasteiger partial charge < -0.3 is 10.3 Å². The van der Waals surface area contributed by atoms with Gasteiger partial charge in [-0.05, 0) is 51.0 Å². The third-order valence-electron chi connectivity index (χ3n) is 3.09. The molecule has 2 N–H and O–H groups in total. The van der Waals surface area contributed by atoms with Crippen LogP contribution in [0.2, 0.25) is 0 Å². The second-order valence-corrected chi connectivity index (χ2v) is 5.66. The van der Waals surface area contributed by atoms with Crippen molar-refractivity contribution in [1.82, 2.24) is 9.55 Å². The molecule has 0 saturated heterocycles. The highest BCUT2D eigenvalue weighted by atomic mass is 79.9. The van der Waals surface area contributed by atoms with Crippen LogP contribution in [0.4, 0.5) is 0 Å². The molecule has 3 nitrogen and oxygen atoms in total. The maximum Gasteiger partial charge on any atom is 0.0997 e. The normalized spacial score (nSPS) is 12.7. The summed E-state index contributed by atoms with van der Waals surface area (Å²) in [4.78, 5) is 4.36. The zero-order chi connectivity index (χ0) is 13.3. The van der Waals surface area contributed by atoms with Gasteiger partial charge in [0.25, 0.3) is 0 Å². The van der Waals surface area contributed by atoms with E-state index in [2.05, 4.69) is 50.6 Å². The first-order chi connectivity index (χ1) is 8.49. The van der Waals surface area contributed by atoms with E-state index in [1.165, 1.54) is 11.3 Å². The van der Waals surface area contributed by atoms with Crippen molar-refractivity contribution >= 4 is 15.9 Å². The van der Waals surface area contributed by atoms with Crippen LogP contribution in [0.25, 0.3) is 5.69 Å². The van der Waals surface area contributed by atoms with Crippen molar-refractivity contribution in [3.05, 3.63) is 46.0 Å². The average Bonchev–Trinajstić information content (AvgIpc) is 2.60. The SMILES string of the molecule is Cc1ncn(-c2ccc(Br)cc2CC(C)N)c1C. The molecule has 1 atom stereocenters. The molecule has 1 aromatic heterocycles. The lowest BCUT2D eigenvalue weighted by molar-refractivity contribution is 0.732. The minimum atomic E-state index is 0.142. The number of nitrogens with two attached hydrogens (primary N) is 1. The van der Waals surface area contributed by atoms with Crippen molar-refractivity contribution in [3.63, 3.8) is 0 Å². The van der Waals surface area contributed by atoms with Crippen molar-refractivity contribution < 1.29 is 0 Å². The van der Waals surface area contributed by atoms with Crippen LogP contribution < -0.4 is 5.73 Å². The summed E-state index contributed by atoms with van der Waals surface area (Å²) in [5.74, 6) is 0. The maximum absolute atomic E-state index is 5.92. The largest absolute Gasteiger partial charge is 0.328 e. The van der Waals surface area contributed by atoms with Crippen molar-refractivity contribution in [2.24, 2.45) is 5.73 Å². The number of halogens is 1. The van der Waals surface area contributed by atoms with E-state index in [-0.39, 0.29) is 6.04 Å². The van der Waals surface area contributed by atoms with Gasteiger partial charge in [-0.15, -0.1) is 0 Å². The Morgan fingerprint density at radius 3 is 2.67 bits per heavy atom. The maximum atomic E-state index is 5.92. The predicted molar refractivity (Wildman–Crippen MR) is 78.1 cm³/mol. The quantitative estimate of drug-likeness (QED) is 0.946. The van der Waals surface area contributed by atoms with Gasteiger partial charge in [-0.1, -0.05) is 15.9 Å². The number of hydrogen-bond acceptors (Lipinski definition) is 2. The molecule has 0 aliphatic carbocycles. The molecule has 0 saturated carbocycles. The molecule has 0 aliphatic rings. The van der Waals surface area contributed by atoms with Gasteiger partial charge in [0.1, 0.15) is 0 Å². The standard InChI is InChI=1S/C14H18BrN3/c1-9(16)6-12-7-13(15)4-5-14(12)18-8-17-10(2)11(18)3/h4-5,7-9H,6,16H2,1-3H3. The molecule has 0 bridgehead atoms. The van der Waals surface area contributed by atoms with E-state index in [9.17, 15) is 0 Å². The number of nitrogens with zero attached hydrogens (tertiary/aromatic N) is 2. The highest BCUT2D eigenvalue weighted by Gasteiger charge is 2.10. The molecule has 1 unspecified atom stereocenters. The topological polar surface area (TPSA) is 43.8 Å². The first kappa shape index (κ1) is 13.3. The Hall–Kier alpha value is -1.13. The molecule has 1 heterocycles. The Bertz CT molecular complexity index is 558. The lowest BCUT2D eigenvalue weighted by atomic mass is 10.1. The summed E-state index contributed by atoms with van der Waals surface area (Å²) in [5.41, 5.74) is 10.6. The Balaban J connectivity index is 2.53. The molecule has 0 spiro atoms. The molecule has 2 aromatic rings. The van der Waals surface area contributed by atoms with Crippen molar-refractivity contribution in [1.29, 1.82) is 0 Å². The van der Waals surface area contributed by atoms with E-state index in [1.54, 1.807) is 0 Å². The van der Waals surface area contributed by atoms with Gasteiger partial charge in [0.05, 0.1) is 17.7 Å². The minimum absolute atomic E-state index is 0.142. The molecule has 18 heavy (non-hydrogen) atoms. The van der Waals surface area contributed by atoms with Gasteiger partial charge in [0, 0.05) is 16.2 Å². The van der Waals surface area contributed by atoms with E-state index >= 15 is 0 Å². The molecule has 0 amide bonds. The van der Waals surface area contributed by atoms with Crippen LogP contribution >= 0.6 is 15.9 Å². The van der Waals surface area contributed by atoms with Gasteiger partial charge >= 0.3 is 0 Å². The third kappa shape index (κ3) is 2.65. The number of aromatic nitrogens is 2. The lowest BCUT2D eigenvalue weighted by Crippen LogP contribution is -2.19. The second kappa shape index (κ2) is 5.24. The highest BCUT2D eigenvalue weighted by molar-refractivity contribution is 9.10. The van der Waals surface area contributed by atoms with E-state index in [1.807, 2.05) is 20.2 Å². The van der Waals surface area contributed by atoms with Crippen LogP contribution in [0.5, 0.6) is 0 Å². The summed E-state index contributed by atoms with van der Waals surface area (Å²) < 4.78 is 3.20. The van der Waals surface area contributed by atoms with Crippen LogP contribution in [0, 0.1) is 13.8 Å². The molecule has 0 aliphatic heterocycles. The van der Waals surface area contributed by atoms with Crippen molar-refractivity contribution in [2.45, 2.75) is 33.2 Å². The molecule has 1 aromatic carbocycles. The van der Waals surface area contributed by atoms with Crippen LogP contribution in [0.15, 0.2) is 29.0 Å². The zero-order valence-corrected chi connectivity index (χ0v) is 12.5. The predicted octanol–water partition coefficient (Wildman–Crippen LogP) is 3.14. The van der Waals surface area contributed by atoms with E-state index in [0.29, 0.717) is 0 Å². The molecule has 4 heteroatoms. The molecule has 2 rings (SSSR count). The lowest BCUT2D eigenvalue weighted by Gasteiger charge is -2.14. The van der Waals surface area contributed by atoms with Gasteiger partial charge in [0.2, 0.25) is 0 Å². The first-order valence-electron chi connectivity index (χ1n) is 6.04. The third-order valence-corrected chi connectivity index (χ3v) is 3.59. The summed E-state index contributed by atoms with van der Waals surface area (Å²) in [6.07, 6.45) is 2.73. The number of imidazole rings is 1. The van der Waals surface area contributed by atoms with Crippen molar-refractivity contribution in [2.75, 3.05) is 0 Å². The van der Waals surface area contributed by atoms with E-state index in [4.69, 9.17) is 5.73 Å². The fourth-order valence-corrected chi connectivity index (χ4v) is 2.45. The monoisotopic (exact) mass is 307 g/mol. The van der Waals surface area contributed by atoms with Gasteiger partial charge in [0.15, 0.2) is 0 Å². The number of rotatable bonds is 3. The average molecular weight is 308 g/mol. The first-order valence-corrected chi connectivity index (χ1v) is 6.83. The molecular weight excluding hydrogens is 290 g/mol. The number of benzene rings is 1. The van der Waals surface area contributed by atoms with Gasteiger partial charge in [-0.2, -0.15) is 0 Å². The summed E-state index contributed by atoms with van der Waals surface area (Å²) in [6.45, 7) is 6.13. The van der Waals surface area contributed by atoms with E-state index < -0.39 is 0 Å². The summed E-state index contributed by atoms with van der Waals surface area (Å²) >= 11 is 3.52. The van der Waals surface area contributed by atoms with Gasteiger partial charge in [-0.3, -0.25) is 0 Å². The number of aryl methyl sites for hydroxylation is 1. The van der Waals surface area contributed by atoms with Crippen LogP contribution in [0.3, 0.4) is 0 Å². The Kier molecular flexibility index (Phi) is 3.88. The summed E-state index contributed by atoms with van der Waals surface area (Å²) in [5, 5.41) is 0. The van der Waals surface area contributed by atoms with Crippen LogP contribution in [-0.4, -0.2) is 15.6 Å². The summed E-state index contributed by atoms with van der Waals surface area (Å²) in [7, 11) is 0. The summed E-state index contributed by atoms with van der Waals surface area (Å²) in [6, 6.07) is 6.43. The second-order valence-electron chi connectivity index (χ2n) is 4.74. The molecule has 0 radical (unpaired) electrons. The Labute approximate surface area is 116 Å². The van der Waals surface area contributed by atoms with Crippen molar-refractivity contribution in [3.8, 4) is 5.69 Å². The molecular formula is C14H18BrN3. The zero-order valence-electron chi connectivity index (χ0n) is 10.9. The fraction of sp³-hybridized carbons (Fsp3) is 0.357. The number of hydrogen-bond donors (Lipinski definition) is 1. The van der Waals surface area contributed by atoms with Gasteiger partial charge in [-0.25, -0.2) is 4.98 Å². The Morgan fingerprint density at radius 2 is 2.11 bits per heavy atom. The van der Waals surface area contributed by atoms with Crippen LogP contribution in [-0.2, 0) is 6.42 Å². The fourth-order valence-electron chi connectivity index (χ4n) is 2.04. The molecule has 0 fully saturated rings. The molecule has 96 valence electrons. The van der Waals surface area contributed by atoms with Crippen LogP contribution in [0.1, 0.15) is 23.9 Å². The minimum Gasteiger partial charge on any atom is -0.328 e. The smallest absolute Gasteiger partial charge is 0.0997 e. The highest BCUT2D eigenvalue weighted by Crippen LogP contribution is 2.23.